The van der Waals surface area contributed by atoms with Crippen LogP contribution in [0.25, 0.3) is 0 Å². The Kier molecular flexibility index (Phi) is 5.69. The second-order valence-electron chi connectivity index (χ2n) is 5.20. The molecule has 0 heterocycles. The molecule has 0 aromatic heterocycles. The van der Waals surface area contributed by atoms with Crippen LogP contribution in [0, 0.1) is 5.92 Å². The summed E-state index contributed by atoms with van der Waals surface area (Å²) in [5, 5.41) is 0. The highest BCUT2D eigenvalue weighted by Crippen LogP contribution is 2.11. The molecule has 0 aliphatic carbocycles. The van der Waals surface area contributed by atoms with Crippen LogP contribution >= 0.6 is 0 Å². The van der Waals surface area contributed by atoms with Gasteiger partial charge in [0, 0.05) is 13.6 Å². The van der Waals surface area contributed by atoms with Gasteiger partial charge in [-0.1, -0.05) is 20.3 Å². The van der Waals surface area contributed by atoms with Gasteiger partial charge >= 0.3 is 6.09 Å². The van der Waals surface area contributed by atoms with Gasteiger partial charge in [0.25, 0.3) is 0 Å². The minimum Gasteiger partial charge on any atom is -0.444 e. The average Bonchev–Trinajstić information content (AvgIpc) is 2.10. The SMILES string of the molecule is CCC(C)CCN(C)C(=O)OC(C)(C)C. The van der Waals surface area contributed by atoms with Gasteiger partial charge in [0.05, 0.1) is 0 Å². The lowest BCUT2D eigenvalue weighted by Crippen LogP contribution is -2.35. The van der Waals surface area contributed by atoms with E-state index in [1.165, 1.54) is 0 Å². The van der Waals surface area contributed by atoms with Gasteiger partial charge in [-0.15, -0.1) is 0 Å². The molecule has 0 saturated heterocycles. The second-order valence-corrected chi connectivity index (χ2v) is 5.20. The number of hydrogen-bond donors (Lipinski definition) is 0. The van der Waals surface area contributed by atoms with Crippen LogP contribution in [0.4, 0.5) is 4.79 Å². The number of carbonyl (C=O) groups excluding carboxylic acids is 1. The summed E-state index contributed by atoms with van der Waals surface area (Å²) in [6.07, 6.45) is 1.96. The van der Waals surface area contributed by atoms with Crippen molar-refractivity contribution in [3.63, 3.8) is 0 Å². The third-order valence-corrected chi connectivity index (χ3v) is 2.36. The third kappa shape index (κ3) is 7.23. The Morgan fingerprint density at radius 2 is 1.93 bits per heavy atom. The quantitative estimate of drug-likeness (QED) is 0.720. The van der Waals surface area contributed by atoms with Gasteiger partial charge in [0.15, 0.2) is 0 Å². The maximum atomic E-state index is 11.6. The van der Waals surface area contributed by atoms with E-state index in [9.17, 15) is 4.79 Å². The molecule has 0 radical (unpaired) electrons. The molecule has 90 valence electrons. The van der Waals surface area contributed by atoms with Crippen molar-refractivity contribution >= 4 is 6.09 Å². The predicted octanol–water partition coefficient (Wildman–Crippen LogP) is 3.29. The first-order chi connectivity index (χ1) is 6.76. The van der Waals surface area contributed by atoms with Crippen molar-refractivity contribution in [2.45, 2.75) is 53.1 Å². The Hall–Kier alpha value is -0.730. The lowest BCUT2D eigenvalue weighted by atomic mass is 10.1. The number of ether oxygens (including phenoxy) is 1. The van der Waals surface area contributed by atoms with Crippen LogP contribution in [-0.4, -0.2) is 30.2 Å². The van der Waals surface area contributed by atoms with Crippen LogP contribution in [0.5, 0.6) is 0 Å². The van der Waals surface area contributed by atoms with Crippen LogP contribution < -0.4 is 0 Å². The predicted molar refractivity (Wildman–Crippen MR) is 62.9 cm³/mol. The third-order valence-electron chi connectivity index (χ3n) is 2.36. The first-order valence-electron chi connectivity index (χ1n) is 5.70. The Morgan fingerprint density at radius 1 is 1.40 bits per heavy atom. The minimum atomic E-state index is -0.401. The molecule has 0 saturated carbocycles. The maximum Gasteiger partial charge on any atom is 0.410 e. The van der Waals surface area contributed by atoms with Crippen LogP contribution in [-0.2, 0) is 4.74 Å². The van der Waals surface area contributed by atoms with Gasteiger partial charge in [0.1, 0.15) is 5.60 Å². The molecular formula is C12H25NO2. The maximum absolute atomic E-state index is 11.6. The lowest BCUT2D eigenvalue weighted by Gasteiger charge is -2.25. The number of rotatable bonds is 4. The van der Waals surface area contributed by atoms with Crippen molar-refractivity contribution < 1.29 is 9.53 Å². The minimum absolute atomic E-state index is 0.231. The van der Waals surface area contributed by atoms with E-state index >= 15 is 0 Å². The van der Waals surface area contributed by atoms with E-state index in [-0.39, 0.29) is 6.09 Å². The van der Waals surface area contributed by atoms with Crippen LogP contribution in [0.2, 0.25) is 0 Å². The molecular weight excluding hydrogens is 190 g/mol. The fraction of sp³-hybridized carbons (Fsp3) is 0.917. The zero-order valence-corrected chi connectivity index (χ0v) is 11.0. The Labute approximate surface area is 93.8 Å². The van der Waals surface area contributed by atoms with E-state index in [0.29, 0.717) is 5.92 Å². The van der Waals surface area contributed by atoms with Crippen LogP contribution in [0.3, 0.4) is 0 Å². The highest BCUT2D eigenvalue weighted by molar-refractivity contribution is 5.67. The topological polar surface area (TPSA) is 29.5 Å². The van der Waals surface area contributed by atoms with Gasteiger partial charge in [0.2, 0.25) is 0 Å². The molecule has 3 heteroatoms. The molecule has 0 N–H and O–H groups in total. The summed E-state index contributed by atoms with van der Waals surface area (Å²) in [5.41, 5.74) is -0.401. The normalized spacial score (nSPS) is 13.5. The summed E-state index contributed by atoms with van der Waals surface area (Å²) >= 11 is 0. The van der Waals surface area contributed by atoms with Crippen molar-refractivity contribution in [2.24, 2.45) is 5.92 Å². The van der Waals surface area contributed by atoms with Gasteiger partial charge < -0.3 is 9.64 Å². The van der Waals surface area contributed by atoms with Gasteiger partial charge in [-0.05, 0) is 33.1 Å². The van der Waals surface area contributed by atoms with E-state index in [2.05, 4.69) is 13.8 Å². The molecule has 0 aromatic carbocycles. The molecule has 0 bridgehead atoms. The molecule has 0 aliphatic rings. The summed E-state index contributed by atoms with van der Waals surface area (Å²) in [5.74, 6) is 0.662. The molecule has 0 fully saturated rings. The first-order valence-corrected chi connectivity index (χ1v) is 5.70. The average molecular weight is 215 g/mol. The molecule has 0 rings (SSSR count). The molecule has 0 spiro atoms. The van der Waals surface area contributed by atoms with E-state index in [1.54, 1.807) is 11.9 Å². The standard InChI is InChI=1S/C12H25NO2/c1-7-10(2)8-9-13(6)11(14)15-12(3,4)5/h10H,7-9H2,1-6H3. The Morgan fingerprint density at radius 3 is 2.33 bits per heavy atom. The smallest absolute Gasteiger partial charge is 0.410 e. The van der Waals surface area contributed by atoms with Crippen LogP contribution in [0.15, 0.2) is 0 Å². The number of carbonyl (C=O) groups is 1. The largest absolute Gasteiger partial charge is 0.444 e. The van der Waals surface area contributed by atoms with E-state index in [0.717, 1.165) is 19.4 Å². The fourth-order valence-electron chi connectivity index (χ4n) is 1.05. The molecule has 0 aliphatic heterocycles. The highest BCUT2D eigenvalue weighted by Gasteiger charge is 2.19. The fourth-order valence-corrected chi connectivity index (χ4v) is 1.05. The van der Waals surface area contributed by atoms with Gasteiger partial charge in [-0.3, -0.25) is 0 Å². The Balaban J connectivity index is 3.90. The first kappa shape index (κ1) is 14.3. The van der Waals surface area contributed by atoms with Crippen molar-refractivity contribution in [3.8, 4) is 0 Å². The van der Waals surface area contributed by atoms with Crippen molar-refractivity contribution in [1.82, 2.24) is 4.90 Å². The number of nitrogens with zero attached hydrogens (tertiary/aromatic N) is 1. The summed E-state index contributed by atoms with van der Waals surface area (Å²) < 4.78 is 5.25. The van der Waals surface area contributed by atoms with Crippen molar-refractivity contribution in [3.05, 3.63) is 0 Å². The summed E-state index contributed by atoms with van der Waals surface area (Å²) in [6, 6.07) is 0. The summed E-state index contributed by atoms with van der Waals surface area (Å²) in [4.78, 5) is 13.2. The second kappa shape index (κ2) is 5.99. The monoisotopic (exact) mass is 215 g/mol. The van der Waals surface area contributed by atoms with E-state index in [1.807, 2.05) is 20.8 Å². The van der Waals surface area contributed by atoms with E-state index in [4.69, 9.17) is 4.74 Å². The molecule has 1 amide bonds. The zero-order valence-electron chi connectivity index (χ0n) is 11.0. The molecule has 1 atom stereocenters. The molecule has 15 heavy (non-hydrogen) atoms. The summed E-state index contributed by atoms with van der Waals surface area (Å²) in [6.45, 7) is 10.8. The zero-order chi connectivity index (χ0) is 12.1. The number of hydrogen-bond acceptors (Lipinski definition) is 2. The number of amides is 1. The van der Waals surface area contributed by atoms with Crippen molar-refractivity contribution in [1.29, 1.82) is 0 Å². The molecule has 3 nitrogen and oxygen atoms in total. The van der Waals surface area contributed by atoms with Gasteiger partial charge in [-0.2, -0.15) is 0 Å². The Bertz CT molecular complexity index is 196. The lowest BCUT2D eigenvalue weighted by molar-refractivity contribution is 0.0291. The summed E-state index contributed by atoms with van der Waals surface area (Å²) in [7, 11) is 1.79. The van der Waals surface area contributed by atoms with Crippen molar-refractivity contribution in [2.75, 3.05) is 13.6 Å². The van der Waals surface area contributed by atoms with Crippen LogP contribution in [0.1, 0.15) is 47.5 Å². The van der Waals surface area contributed by atoms with E-state index < -0.39 is 5.60 Å². The highest BCUT2D eigenvalue weighted by atomic mass is 16.6. The molecule has 1 unspecified atom stereocenters. The van der Waals surface area contributed by atoms with Gasteiger partial charge in [-0.25, -0.2) is 4.79 Å². The molecule has 0 aromatic rings.